The van der Waals surface area contributed by atoms with E-state index < -0.39 is 0 Å². The molecular weight excluding hydrogens is 305 g/mol. The molecule has 3 heteroatoms. The van der Waals surface area contributed by atoms with E-state index in [2.05, 4.69) is 52.9 Å². The summed E-state index contributed by atoms with van der Waals surface area (Å²) in [6, 6.07) is 11.6. The van der Waals surface area contributed by atoms with Gasteiger partial charge in [0.1, 0.15) is 5.82 Å². The second-order valence-electron chi connectivity index (χ2n) is 4.95. The van der Waals surface area contributed by atoms with Crippen molar-refractivity contribution in [3.63, 3.8) is 0 Å². The molecule has 0 saturated heterocycles. The van der Waals surface area contributed by atoms with Crippen LogP contribution >= 0.6 is 15.9 Å². The zero-order chi connectivity index (χ0) is 14.0. The van der Waals surface area contributed by atoms with E-state index in [-0.39, 0.29) is 5.82 Å². The Hall–Kier alpha value is -1.35. The second-order valence-corrected chi connectivity index (χ2v) is 5.80. The summed E-state index contributed by atoms with van der Waals surface area (Å²) in [6.45, 7) is 4.94. The van der Waals surface area contributed by atoms with E-state index >= 15 is 0 Å². The minimum Gasteiger partial charge on any atom is -0.370 e. The van der Waals surface area contributed by atoms with Gasteiger partial charge in [0.05, 0.1) is 4.47 Å². The maximum absolute atomic E-state index is 13.2. The number of rotatable bonds is 3. The van der Waals surface area contributed by atoms with Gasteiger partial charge in [-0.1, -0.05) is 12.1 Å². The van der Waals surface area contributed by atoms with E-state index in [0.717, 1.165) is 12.1 Å². The van der Waals surface area contributed by atoms with E-state index in [9.17, 15) is 4.39 Å². The van der Waals surface area contributed by atoms with Crippen LogP contribution in [-0.2, 0) is 6.54 Å². The fraction of sp³-hybridized carbons (Fsp3) is 0.250. The molecule has 0 spiro atoms. The van der Waals surface area contributed by atoms with Gasteiger partial charge in [-0.15, -0.1) is 0 Å². The monoisotopic (exact) mass is 321 g/mol. The number of hydrogen-bond acceptors (Lipinski definition) is 1. The molecule has 0 fully saturated rings. The van der Waals surface area contributed by atoms with Crippen molar-refractivity contribution in [2.75, 3.05) is 11.9 Å². The Labute approximate surface area is 122 Å². The molecule has 0 heterocycles. The molecule has 0 saturated carbocycles. The molecule has 0 unspecified atom stereocenters. The maximum Gasteiger partial charge on any atom is 0.137 e. The molecule has 0 atom stereocenters. The summed E-state index contributed by atoms with van der Waals surface area (Å²) in [4.78, 5) is 2.17. The van der Waals surface area contributed by atoms with E-state index in [1.165, 1.54) is 22.9 Å². The Morgan fingerprint density at radius 2 is 1.68 bits per heavy atom. The lowest BCUT2D eigenvalue weighted by atomic mass is 10.1. The minimum atomic E-state index is -0.224. The molecule has 0 radical (unpaired) electrons. The van der Waals surface area contributed by atoms with Crippen LogP contribution in [0.5, 0.6) is 0 Å². The van der Waals surface area contributed by atoms with E-state index in [0.29, 0.717) is 4.47 Å². The summed E-state index contributed by atoms with van der Waals surface area (Å²) in [7, 11) is 2.05. The normalized spacial score (nSPS) is 10.6. The maximum atomic E-state index is 13.2. The topological polar surface area (TPSA) is 3.24 Å². The molecule has 19 heavy (non-hydrogen) atoms. The van der Waals surface area contributed by atoms with Gasteiger partial charge in [0.2, 0.25) is 0 Å². The lowest BCUT2D eigenvalue weighted by Gasteiger charge is -2.20. The molecule has 0 N–H and O–H groups in total. The molecule has 2 aromatic carbocycles. The van der Waals surface area contributed by atoms with Crippen LogP contribution in [-0.4, -0.2) is 7.05 Å². The molecule has 0 aliphatic carbocycles. The number of nitrogens with zero attached hydrogens (tertiary/aromatic N) is 1. The summed E-state index contributed by atoms with van der Waals surface area (Å²) in [5, 5.41) is 0. The Morgan fingerprint density at radius 1 is 1.05 bits per heavy atom. The van der Waals surface area contributed by atoms with Crippen molar-refractivity contribution in [2.24, 2.45) is 0 Å². The van der Waals surface area contributed by atoms with Crippen molar-refractivity contribution in [3.05, 3.63) is 63.4 Å². The molecule has 2 aromatic rings. The number of halogens is 2. The van der Waals surface area contributed by atoms with Crippen LogP contribution < -0.4 is 4.90 Å². The molecular formula is C16H17BrFN. The number of aryl methyl sites for hydroxylation is 2. The zero-order valence-electron chi connectivity index (χ0n) is 11.4. The molecule has 0 aliphatic rings. The minimum absolute atomic E-state index is 0.224. The third kappa shape index (κ3) is 3.57. The van der Waals surface area contributed by atoms with Gasteiger partial charge in [-0.25, -0.2) is 4.39 Å². The third-order valence-corrected chi connectivity index (χ3v) is 3.66. The quantitative estimate of drug-likeness (QED) is 0.781. The van der Waals surface area contributed by atoms with Gasteiger partial charge in [0, 0.05) is 19.3 Å². The second kappa shape index (κ2) is 5.74. The van der Waals surface area contributed by atoms with Gasteiger partial charge < -0.3 is 4.90 Å². The smallest absolute Gasteiger partial charge is 0.137 e. The predicted molar refractivity (Wildman–Crippen MR) is 82.1 cm³/mol. The van der Waals surface area contributed by atoms with Crippen molar-refractivity contribution in [3.8, 4) is 0 Å². The van der Waals surface area contributed by atoms with Crippen LogP contribution in [0.4, 0.5) is 10.1 Å². The van der Waals surface area contributed by atoms with E-state index in [1.807, 2.05) is 19.2 Å². The van der Waals surface area contributed by atoms with E-state index in [4.69, 9.17) is 0 Å². The summed E-state index contributed by atoms with van der Waals surface area (Å²) >= 11 is 3.22. The Bertz CT molecular complexity index is 575. The lowest BCUT2D eigenvalue weighted by Crippen LogP contribution is -2.16. The van der Waals surface area contributed by atoms with E-state index in [1.54, 1.807) is 0 Å². The Kier molecular flexibility index (Phi) is 4.25. The lowest BCUT2D eigenvalue weighted by molar-refractivity contribution is 0.620. The molecule has 100 valence electrons. The third-order valence-electron chi connectivity index (χ3n) is 3.05. The average Bonchev–Trinajstić information content (AvgIpc) is 2.32. The van der Waals surface area contributed by atoms with Gasteiger partial charge in [-0.2, -0.15) is 0 Å². The SMILES string of the molecule is Cc1cc(C)cc(N(C)Cc2ccc(F)c(Br)c2)c1. The molecule has 0 aliphatic heterocycles. The van der Waals surface area contributed by atoms with Crippen molar-refractivity contribution in [2.45, 2.75) is 20.4 Å². The molecule has 2 rings (SSSR count). The largest absolute Gasteiger partial charge is 0.370 e. The average molecular weight is 322 g/mol. The fourth-order valence-electron chi connectivity index (χ4n) is 2.17. The van der Waals surface area contributed by atoms with Gasteiger partial charge in [-0.3, -0.25) is 0 Å². The van der Waals surface area contributed by atoms with Crippen molar-refractivity contribution >= 4 is 21.6 Å². The first kappa shape index (κ1) is 14.1. The number of benzene rings is 2. The van der Waals surface area contributed by atoms with Crippen LogP contribution in [0, 0.1) is 19.7 Å². The molecule has 0 bridgehead atoms. The van der Waals surface area contributed by atoms with Gasteiger partial charge in [-0.05, 0) is 70.7 Å². The van der Waals surface area contributed by atoms with Gasteiger partial charge in [0.25, 0.3) is 0 Å². The van der Waals surface area contributed by atoms with Crippen molar-refractivity contribution in [1.29, 1.82) is 0 Å². The highest BCUT2D eigenvalue weighted by molar-refractivity contribution is 9.10. The van der Waals surface area contributed by atoms with Crippen LogP contribution in [0.1, 0.15) is 16.7 Å². The highest BCUT2D eigenvalue weighted by Gasteiger charge is 2.06. The number of hydrogen-bond donors (Lipinski definition) is 0. The first-order valence-electron chi connectivity index (χ1n) is 6.19. The van der Waals surface area contributed by atoms with Crippen LogP contribution in [0.15, 0.2) is 40.9 Å². The van der Waals surface area contributed by atoms with Crippen LogP contribution in [0.2, 0.25) is 0 Å². The highest BCUT2D eigenvalue weighted by atomic mass is 79.9. The van der Waals surface area contributed by atoms with Crippen molar-refractivity contribution < 1.29 is 4.39 Å². The Morgan fingerprint density at radius 3 is 2.26 bits per heavy atom. The Balaban J connectivity index is 2.20. The van der Waals surface area contributed by atoms with Crippen molar-refractivity contribution in [1.82, 2.24) is 0 Å². The summed E-state index contributed by atoms with van der Waals surface area (Å²) in [6.07, 6.45) is 0. The summed E-state index contributed by atoms with van der Waals surface area (Å²) in [5.41, 5.74) is 4.76. The first-order valence-corrected chi connectivity index (χ1v) is 6.98. The van der Waals surface area contributed by atoms with Crippen LogP contribution in [0.3, 0.4) is 0 Å². The highest BCUT2D eigenvalue weighted by Crippen LogP contribution is 2.22. The standard InChI is InChI=1S/C16H17BrFN/c1-11-6-12(2)8-14(7-11)19(3)10-13-4-5-16(18)15(17)9-13/h4-9H,10H2,1-3H3. The molecule has 0 amide bonds. The summed E-state index contributed by atoms with van der Waals surface area (Å²) < 4.78 is 13.7. The molecule has 0 aromatic heterocycles. The van der Waals surface area contributed by atoms with Gasteiger partial charge >= 0.3 is 0 Å². The zero-order valence-corrected chi connectivity index (χ0v) is 13.0. The predicted octanol–water partition coefficient (Wildman–Crippen LogP) is 4.84. The summed E-state index contributed by atoms with van der Waals surface area (Å²) in [5.74, 6) is -0.224. The fourth-order valence-corrected chi connectivity index (χ4v) is 2.60. The first-order chi connectivity index (χ1) is 8.95. The number of anilines is 1. The molecule has 1 nitrogen and oxygen atoms in total. The van der Waals surface area contributed by atoms with Crippen LogP contribution in [0.25, 0.3) is 0 Å². The van der Waals surface area contributed by atoms with Gasteiger partial charge in [0.15, 0.2) is 0 Å².